The molecule has 2 aromatic rings. The van der Waals surface area contributed by atoms with Gasteiger partial charge in [0.05, 0.1) is 18.1 Å². The molecule has 1 heterocycles. The lowest BCUT2D eigenvalue weighted by molar-refractivity contribution is -0.131. The highest BCUT2D eigenvalue weighted by atomic mass is 79.9. The van der Waals surface area contributed by atoms with E-state index in [4.69, 9.17) is 4.74 Å². The summed E-state index contributed by atoms with van der Waals surface area (Å²) in [4.78, 5) is 15.5. The van der Waals surface area contributed by atoms with Gasteiger partial charge in [0.1, 0.15) is 5.75 Å². The smallest absolute Gasteiger partial charge is 0.223 e. The molecular weight excluding hydrogens is 374 g/mol. The molecule has 122 valence electrons. The maximum atomic E-state index is 12.5. The van der Waals surface area contributed by atoms with Gasteiger partial charge in [-0.3, -0.25) is 4.79 Å². The fraction of sp³-hybridized carbons (Fsp3) is 0.278. The summed E-state index contributed by atoms with van der Waals surface area (Å²) >= 11 is 5.14. The molecule has 0 aliphatic carbocycles. The zero-order chi connectivity index (χ0) is 16.7. The number of thiophene rings is 1. The van der Waals surface area contributed by atoms with Crippen LogP contribution in [0, 0.1) is 0 Å². The molecule has 0 saturated heterocycles. The number of carbonyl (C=O) groups excluding carboxylic acids is 1. The Kier molecular flexibility index (Phi) is 6.86. The molecule has 0 N–H and O–H groups in total. The molecular formula is C18H20BrNO2S. The topological polar surface area (TPSA) is 29.5 Å². The molecule has 1 aromatic carbocycles. The molecule has 2 rings (SSSR count). The summed E-state index contributed by atoms with van der Waals surface area (Å²) in [5.41, 5.74) is 1.11. The van der Waals surface area contributed by atoms with Gasteiger partial charge in [-0.1, -0.05) is 18.2 Å². The first-order valence-electron chi connectivity index (χ1n) is 7.37. The predicted molar refractivity (Wildman–Crippen MR) is 98.9 cm³/mol. The number of hydrogen-bond donors (Lipinski definition) is 0. The van der Waals surface area contributed by atoms with Crippen molar-refractivity contribution in [2.45, 2.75) is 19.4 Å². The molecule has 0 bridgehead atoms. The highest BCUT2D eigenvalue weighted by Gasteiger charge is 2.13. The Morgan fingerprint density at radius 2 is 2.26 bits per heavy atom. The molecule has 0 aliphatic rings. The molecule has 0 saturated carbocycles. The van der Waals surface area contributed by atoms with Crippen molar-refractivity contribution in [3.05, 3.63) is 63.3 Å². The Bertz CT molecular complexity index is 655. The first kappa shape index (κ1) is 17.8. The average molecular weight is 394 g/mol. The zero-order valence-electron chi connectivity index (χ0n) is 13.1. The summed E-state index contributed by atoms with van der Waals surface area (Å²) < 4.78 is 6.13. The Morgan fingerprint density at radius 3 is 2.87 bits per heavy atom. The molecule has 0 spiro atoms. The van der Waals surface area contributed by atoms with Crippen LogP contribution in [0.5, 0.6) is 5.75 Å². The quantitative estimate of drug-likeness (QED) is 0.609. The van der Waals surface area contributed by atoms with Gasteiger partial charge < -0.3 is 9.64 Å². The van der Waals surface area contributed by atoms with Crippen LogP contribution >= 0.6 is 27.3 Å². The lowest BCUT2D eigenvalue weighted by Crippen LogP contribution is -2.30. The van der Waals surface area contributed by atoms with E-state index in [0.717, 1.165) is 15.8 Å². The number of hydrogen-bond acceptors (Lipinski definition) is 3. The van der Waals surface area contributed by atoms with Gasteiger partial charge in [0, 0.05) is 17.8 Å². The molecule has 0 radical (unpaired) electrons. The van der Waals surface area contributed by atoms with Crippen LogP contribution in [-0.4, -0.2) is 24.5 Å². The number of ether oxygens (including phenoxy) is 1. The second-order valence-electron chi connectivity index (χ2n) is 5.11. The maximum absolute atomic E-state index is 12.5. The van der Waals surface area contributed by atoms with Crippen molar-refractivity contribution in [2.24, 2.45) is 0 Å². The highest BCUT2D eigenvalue weighted by molar-refractivity contribution is 9.10. The molecule has 0 atom stereocenters. The molecule has 23 heavy (non-hydrogen) atoms. The van der Waals surface area contributed by atoms with Gasteiger partial charge >= 0.3 is 0 Å². The van der Waals surface area contributed by atoms with E-state index in [1.54, 1.807) is 24.5 Å². The SMILES string of the molecule is C=CCN(Cc1cccs1)C(=O)CCc1ccc(OC)c(Br)c1. The zero-order valence-corrected chi connectivity index (χ0v) is 15.5. The lowest BCUT2D eigenvalue weighted by atomic mass is 10.1. The van der Waals surface area contributed by atoms with Crippen LogP contribution in [0.4, 0.5) is 0 Å². The third-order valence-corrected chi connectivity index (χ3v) is 4.95. The van der Waals surface area contributed by atoms with Crippen molar-refractivity contribution in [2.75, 3.05) is 13.7 Å². The summed E-state index contributed by atoms with van der Waals surface area (Å²) in [6.45, 7) is 4.97. The van der Waals surface area contributed by atoms with Crippen LogP contribution in [0.2, 0.25) is 0 Å². The van der Waals surface area contributed by atoms with Gasteiger partial charge in [0.15, 0.2) is 0 Å². The summed E-state index contributed by atoms with van der Waals surface area (Å²) in [6.07, 6.45) is 2.97. The fourth-order valence-electron chi connectivity index (χ4n) is 2.28. The Hall–Kier alpha value is -1.59. The van der Waals surface area contributed by atoms with Crippen LogP contribution in [0.1, 0.15) is 16.9 Å². The minimum absolute atomic E-state index is 0.144. The van der Waals surface area contributed by atoms with Crippen molar-refractivity contribution >= 4 is 33.2 Å². The number of rotatable bonds is 8. The molecule has 1 amide bonds. The molecule has 1 aromatic heterocycles. The molecule has 5 heteroatoms. The summed E-state index contributed by atoms with van der Waals surface area (Å²) in [6, 6.07) is 9.97. The van der Waals surface area contributed by atoms with Gasteiger partial charge in [0.25, 0.3) is 0 Å². The minimum atomic E-state index is 0.144. The van der Waals surface area contributed by atoms with Crippen LogP contribution in [0.3, 0.4) is 0 Å². The fourth-order valence-corrected chi connectivity index (χ4v) is 3.58. The van der Waals surface area contributed by atoms with Gasteiger partial charge in [0.2, 0.25) is 5.91 Å². The van der Waals surface area contributed by atoms with E-state index < -0.39 is 0 Å². The number of aryl methyl sites for hydroxylation is 1. The Morgan fingerprint density at radius 1 is 1.43 bits per heavy atom. The van der Waals surface area contributed by atoms with E-state index in [9.17, 15) is 4.79 Å². The number of benzene rings is 1. The van der Waals surface area contributed by atoms with E-state index in [0.29, 0.717) is 25.9 Å². The third-order valence-electron chi connectivity index (χ3n) is 3.47. The first-order chi connectivity index (χ1) is 11.1. The van der Waals surface area contributed by atoms with Gasteiger partial charge in [-0.05, 0) is 51.5 Å². The van der Waals surface area contributed by atoms with Crippen molar-refractivity contribution in [3.8, 4) is 5.75 Å². The van der Waals surface area contributed by atoms with Crippen molar-refractivity contribution in [1.29, 1.82) is 0 Å². The summed E-state index contributed by atoms with van der Waals surface area (Å²) in [7, 11) is 1.64. The largest absolute Gasteiger partial charge is 0.496 e. The number of amides is 1. The lowest BCUT2D eigenvalue weighted by Gasteiger charge is -2.20. The average Bonchev–Trinajstić information content (AvgIpc) is 3.05. The van der Waals surface area contributed by atoms with Crippen LogP contribution in [0.15, 0.2) is 52.8 Å². The third kappa shape index (κ3) is 5.22. The van der Waals surface area contributed by atoms with E-state index in [1.165, 1.54) is 4.88 Å². The van der Waals surface area contributed by atoms with Crippen molar-refractivity contribution in [1.82, 2.24) is 4.90 Å². The standard InChI is InChI=1S/C18H20BrNO2S/c1-3-10-20(13-15-5-4-11-23-15)18(21)9-7-14-6-8-17(22-2)16(19)12-14/h3-6,8,11-12H,1,7,9-10,13H2,2H3. The van der Waals surface area contributed by atoms with Crippen LogP contribution in [-0.2, 0) is 17.8 Å². The summed E-state index contributed by atoms with van der Waals surface area (Å²) in [5, 5.41) is 2.03. The molecule has 3 nitrogen and oxygen atoms in total. The number of methoxy groups -OCH3 is 1. The Labute approximate surface area is 149 Å². The number of halogens is 1. The van der Waals surface area contributed by atoms with E-state index in [2.05, 4.69) is 28.6 Å². The summed E-state index contributed by atoms with van der Waals surface area (Å²) in [5.74, 6) is 0.941. The Balaban J connectivity index is 1.95. The highest BCUT2D eigenvalue weighted by Crippen LogP contribution is 2.26. The van der Waals surface area contributed by atoms with Crippen molar-refractivity contribution < 1.29 is 9.53 Å². The molecule has 0 unspecified atom stereocenters. The second-order valence-corrected chi connectivity index (χ2v) is 7.00. The van der Waals surface area contributed by atoms with E-state index >= 15 is 0 Å². The maximum Gasteiger partial charge on any atom is 0.223 e. The van der Waals surface area contributed by atoms with Gasteiger partial charge in [-0.15, -0.1) is 17.9 Å². The van der Waals surface area contributed by atoms with Crippen LogP contribution in [0.25, 0.3) is 0 Å². The second kappa shape index (κ2) is 8.89. The monoisotopic (exact) mass is 393 g/mol. The van der Waals surface area contributed by atoms with Crippen molar-refractivity contribution in [3.63, 3.8) is 0 Å². The van der Waals surface area contributed by atoms with E-state index in [-0.39, 0.29) is 5.91 Å². The molecule has 0 aliphatic heterocycles. The normalized spacial score (nSPS) is 10.3. The van der Waals surface area contributed by atoms with Gasteiger partial charge in [-0.25, -0.2) is 0 Å². The minimum Gasteiger partial charge on any atom is -0.496 e. The first-order valence-corrected chi connectivity index (χ1v) is 9.04. The number of nitrogens with zero attached hydrogens (tertiary/aromatic N) is 1. The van der Waals surface area contributed by atoms with E-state index in [1.807, 2.05) is 34.5 Å². The molecule has 0 fully saturated rings. The van der Waals surface area contributed by atoms with Crippen LogP contribution < -0.4 is 4.74 Å². The van der Waals surface area contributed by atoms with Gasteiger partial charge in [-0.2, -0.15) is 0 Å². The number of carbonyl (C=O) groups is 1. The predicted octanol–water partition coefficient (Wildman–Crippen LogP) is 4.67.